The van der Waals surface area contributed by atoms with Crippen LogP contribution in [0.15, 0.2) is 0 Å². The smallest absolute Gasteiger partial charge is 0.353 e. The normalized spacial score (nSPS) is 16.3. The molecular weight excluding hydrogens is 302 g/mol. The van der Waals surface area contributed by atoms with Crippen LogP contribution in [0.25, 0.3) is 0 Å². The SMILES string of the molecule is CC(OCCOCCOC(C)P(=O)(O)O)P(=O)(O)O. The average molecular weight is 322 g/mol. The van der Waals surface area contributed by atoms with Gasteiger partial charge in [-0.3, -0.25) is 9.13 Å². The molecule has 9 nitrogen and oxygen atoms in total. The molecule has 0 aliphatic carbocycles. The summed E-state index contributed by atoms with van der Waals surface area (Å²) in [5.74, 6) is -2.39. The van der Waals surface area contributed by atoms with Gasteiger partial charge in [-0.25, -0.2) is 0 Å². The molecule has 0 rings (SSSR count). The third-order valence-electron chi connectivity index (χ3n) is 2.12. The topological polar surface area (TPSA) is 143 Å². The lowest BCUT2D eigenvalue weighted by Crippen LogP contribution is -2.16. The predicted octanol–water partition coefficient (Wildman–Crippen LogP) is 0.0836. The molecule has 0 aromatic heterocycles. The van der Waals surface area contributed by atoms with Crippen molar-refractivity contribution in [3.8, 4) is 0 Å². The quantitative estimate of drug-likeness (QED) is 0.325. The van der Waals surface area contributed by atoms with E-state index in [1.807, 2.05) is 0 Å². The van der Waals surface area contributed by atoms with E-state index in [0.29, 0.717) is 0 Å². The lowest BCUT2D eigenvalue weighted by molar-refractivity contribution is -0.000556. The van der Waals surface area contributed by atoms with Gasteiger partial charge in [0.25, 0.3) is 0 Å². The third-order valence-corrected chi connectivity index (χ3v) is 4.31. The van der Waals surface area contributed by atoms with E-state index < -0.39 is 26.9 Å². The van der Waals surface area contributed by atoms with Crippen molar-refractivity contribution in [1.29, 1.82) is 0 Å². The zero-order valence-corrected chi connectivity index (χ0v) is 12.5. The summed E-state index contributed by atoms with van der Waals surface area (Å²) in [6.45, 7) is 2.70. The van der Waals surface area contributed by atoms with Crippen LogP contribution in [0.1, 0.15) is 13.8 Å². The fraction of sp³-hybridized carbons (Fsp3) is 1.00. The van der Waals surface area contributed by atoms with E-state index in [2.05, 4.69) is 0 Å². The maximum absolute atomic E-state index is 10.7. The van der Waals surface area contributed by atoms with Crippen LogP contribution in [-0.4, -0.2) is 57.7 Å². The molecule has 11 heteroatoms. The van der Waals surface area contributed by atoms with Gasteiger partial charge in [0.05, 0.1) is 26.4 Å². The van der Waals surface area contributed by atoms with E-state index in [0.717, 1.165) is 0 Å². The van der Waals surface area contributed by atoms with Gasteiger partial charge in [-0.1, -0.05) is 0 Å². The summed E-state index contributed by atoms with van der Waals surface area (Å²) in [5.41, 5.74) is 0. The highest BCUT2D eigenvalue weighted by Crippen LogP contribution is 2.41. The molecule has 0 aliphatic heterocycles. The molecule has 116 valence electrons. The molecule has 0 amide bonds. The number of rotatable bonds is 10. The summed E-state index contributed by atoms with van der Waals surface area (Å²) in [6, 6.07) is 0. The standard InChI is InChI=1S/C8H20O9P2/c1-7(18(9,10)11)16-5-3-15-4-6-17-8(2)19(12,13)14/h7-8H,3-6H2,1-2H3,(H2,9,10,11)(H2,12,13,14). The molecular formula is C8H20O9P2. The van der Waals surface area contributed by atoms with E-state index in [1.165, 1.54) is 13.8 Å². The zero-order chi connectivity index (χ0) is 15.1. The van der Waals surface area contributed by atoms with Crippen molar-refractivity contribution in [2.24, 2.45) is 0 Å². The van der Waals surface area contributed by atoms with E-state index in [-0.39, 0.29) is 26.4 Å². The molecule has 0 aliphatic rings. The van der Waals surface area contributed by atoms with Crippen LogP contribution < -0.4 is 0 Å². The van der Waals surface area contributed by atoms with Crippen molar-refractivity contribution < 1.29 is 42.9 Å². The molecule has 2 unspecified atom stereocenters. The van der Waals surface area contributed by atoms with Gasteiger partial charge in [-0.05, 0) is 13.8 Å². The first-order valence-electron chi connectivity index (χ1n) is 5.46. The molecule has 0 aromatic carbocycles. The summed E-state index contributed by atoms with van der Waals surface area (Å²) < 4.78 is 36.1. The molecule has 0 saturated carbocycles. The van der Waals surface area contributed by atoms with Crippen LogP contribution in [0.4, 0.5) is 0 Å². The maximum Gasteiger partial charge on any atom is 0.353 e. The Hall–Kier alpha value is 0.180. The van der Waals surface area contributed by atoms with Crippen LogP contribution >= 0.6 is 15.2 Å². The summed E-state index contributed by atoms with van der Waals surface area (Å²) in [6.07, 6.45) is 0. The largest absolute Gasteiger partial charge is 0.377 e. The fourth-order valence-electron chi connectivity index (χ4n) is 0.851. The molecule has 0 heterocycles. The van der Waals surface area contributed by atoms with Crippen LogP contribution in [0.2, 0.25) is 0 Å². The van der Waals surface area contributed by atoms with Crippen molar-refractivity contribution in [2.45, 2.75) is 25.5 Å². The third kappa shape index (κ3) is 9.67. The molecule has 0 saturated heterocycles. The number of hydrogen-bond acceptors (Lipinski definition) is 5. The molecule has 0 bridgehead atoms. The molecule has 0 fully saturated rings. The van der Waals surface area contributed by atoms with Crippen molar-refractivity contribution in [3.05, 3.63) is 0 Å². The Bertz CT molecular complexity index is 303. The first kappa shape index (κ1) is 19.2. The summed E-state index contributed by atoms with van der Waals surface area (Å²) in [4.78, 5) is 34.9. The van der Waals surface area contributed by atoms with Gasteiger partial charge in [0.2, 0.25) is 0 Å². The minimum Gasteiger partial charge on any atom is -0.377 e. The Balaban J connectivity index is 3.52. The van der Waals surface area contributed by atoms with Gasteiger partial charge in [0.1, 0.15) is 0 Å². The molecule has 0 spiro atoms. The number of ether oxygens (including phenoxy) is 3. The summed E-state index contributed by atoms with van der Waals surface area (Å²) in [5, 5.41) is 0. The highest BCUT2D eigenvalue weighted by Gasteiger charge is 2.25. The summed E-state index contributed by atoms with van der Waals surface area (Å²) in [7, 11) is -8.48. The van der Waals surface area contributed by atoms with E-state index in [9.17, 15) is 9.13 Å². The highest BCUT2D eigenvalue weighted by atomic mass is 31.2. The van der Waals surface area contributed by atoms with Crippen molar-refractivity contribution in [3.63, 3.8) is 0 Å². The first-order chi connectivity index (χ1) is 8.55. The van der Waals surface area contributed by atoms with Gasteiger partial charge in [-0.2, -0.15) is 0 Å². The van der Waals surface area contributed by atoms with Crippen LogP contribution in [0.3, 0.4) is 0 Å². The molecule has 0 radical (unpaired) electrons. The second-order valence-corrected chi connectivity index (χ2v) is 7.54. The maximum atomic E-state index is 10.7. The number of hydrogen-bond donors (Lipinski definition) is 4. The van der Waals surface area contributed by atoms with E-state index in [4.69, 9.17) is 33.8 Å². The van der Waals surface area contributed by atoms with E-state index >= 15 is 0 Å². The summed E-state index contributed by atoms with van der Waals surface area (Å²) >= 11 is 0. The Morgan fingerprint density at radius 3 is 1.37 bits per heavy atom. The predicted molar refractivity (Wildman–Crippen MR) is 65.7 cm³/mol. The average Bonchev–Trinajstić information content (AvgIpc) is 2.24. The first-order valence-corrected chi connectivity index (χ1v) is 8.83. The zero-order valence-electron chi connectivity index (χ0n) is 10.7. The minimum atomic E-state index is -4.24. The van der Waals surface area contributed by atoms with Crippen molar-refractivity contribution in [1.82, 2.24) is 0 Å². The second kappa shape index (κ2) is 8.46. The molecule has 19 heavy (non-hydrogen) atoms. The monoisotopic (exact) mass is 322 g/mol. The van der Waals surface area contributed by atoms with Crippen LogP contribution in [-0.2, 0) is 23.3 Å². The minimum absolute atomic E-state index is 0.000321. The molecule has 4 N–H and O–H groups in total. The molecule has 0 aromatic rings. The van der Waals surface area contributed by atoms with Gasteiger partial charge in [0, 0.05) is 0 Å². The van der Waals surface area contributed by atoms with Gasteiger partial charge >= 0.3 is 15.2 Å². The Kier molecular flexibility index (Phi) is 8.54. The lowest BCUT2D eigenvalue weighted by Gasteiger charge is -2.15. The van der Waals surface area contributed by atoms with Gasteiger partial charge in [0.15, 0.2) is 11.7 Å². The van der Waals surface area contributed by atoms with Gasteiger partial charge < -0.3 is 33.8 Å². The van der Waals surface area contributed by atoms with Gasteiger partial charge in [-0.15, -0.1) is 0 Å². The lowest BCUT2D eigenvalue weighted by atomic mass is 10.7. The molecule has 2 atom stereocenters. The fourth-order valence-corrected chi connectivity index (χ4v) is 1.45. The Labute approximate surface area is 111 Å². The van der Waals surface area contributed by atoms with E-state index in [1.54, 1.807) is 0 Å². The van der Waals surface area contributed by atoms with Crippen LogP contribution in [0.5, 0.6) is 0 Å². The van der Waals surface area contributed by atoms with Crippen LogP contribution in [0, 0.1) is 0 Å². The highest BCUT2D eigenvalue weighted by molar-refractivity contribution is 7.52. The Morgan fingerprint density at radius 1 is 0.789 bits per heavy atom. The van der Waals surface area contributed by atoms with Crippen molar-refractivity contribution >= 4 is 15.2 Å². The Morgan fingerprint density at radius 2 is 1.11 bits per heavy atom. The second-order valence-electron chi connectivity index (χ2n) is 3.73. The van der Waals surface area contributed by atoms with Crippen molar-refractivity contribution in [2.75, 3.05) is 26.4 Å².